The minimum atomic E-state index is -1.26. The summed E-state index contributed by atoms with van der Waals surface area (Å²) in [5, 5.41) is 5.44. The maximum Gasteiger partial charge on any atom is 0.408 e. The molecule has 0 heterocycles. The Kier molecular flexibility index (Phi) is 12.9. The van der Waals surface area contributed by atoms with E-state index < -0.39 is 64.7 Å². The zero-order valence-corrected chi connectivity index (χ0v) is 28.5. The zero-order chi connectivity index (χ0) is 34.9. The largest absolute Gasteiger partial charge is 0.458 e. The van der Waals surface area contributed by atoms with Crippen molar-refractivity contribution in [2.45, 2.75) is 116 Å². The highest BCUT2D eigenvalue weighted by Gasteiger charge is 2.43. The van der Waals surface area contributed by atoms with E-state index in [2.05, 4.69) is 10.6 Å². The number of nitrogens with zero attached hydrogens (tertiary/aromatic N) is 1. The molecule has 0 fully saturated rings. The molecule has 0 saturated carbocycles. The average Bonchev–Trinajstić information content (AvgIpc) is 2.91. The SMILES string of the molecule is CC(C)(C)OC(=O)NC(CCC(N)=O)C(=O)N(C(C(=O)NC(Cc1ccccc1)C(=O)OC(C)(C)C)c1ccccc1)C(C)(C)C. The predicted molar refractivity (Wildman–Crippen MR) is 175 cm³/mol. The van der Waals surface area contributed by atoms with Crippen LogP contribution in [0.1, 0.15) is 92.3 Å². The predicted octanol–water partition coefficient (Wildman–Crippen LogP) is 4.58. The Morgan fingerprint density at radius 3 is 1.74 bits per heavy atom. The van der Waals surface area contributed by atoms with Crippen molar-refractivity contribution in [1.29, 1.82) is 0 Å². The molecule has 0 aliphatic carbocycles. The molecule has 3 atom stereocenters. The van der Waals surface area contributed by atoms with Crippen molar-refractivity contribution in [3.63, 3.8) is 0 Å². The van der Waals surface area contributed by atoms with E-state index in [1.54, 1.807) is 92.6 Å². The standard InChI is InChI=1S/C35H50N4O7/c1-33(2,3)39(30(42)25(20-21-27(36)40)38-32(44)46-35(7,8)9)28(24-18-14-11-15-19-24)29(41)37-26(31(43)45-34(4,5)6)22-23-16-12-10-13-17-23/h10-19,25-26,28H,20-22H2,1-9H3,(H2,36,40)(H,37,41)(H,38,44). The Labute approximate surface area is 272 Å². The minimum Gasteiger partial charge on any atom is -0.458 e. The molecule has 0 bridgehead atoms. The summed E-state index contributed by atoms with van der Waals surface area (Å²) in [6.07, 6.45) is -1.05. The quantitative estimate of drug-likeness (QED) is 0.287. The van der Waals surface area contributed by atoms with Crippen molar-refractivity contribution >= 4 is 29.8 Å². The van der Waals surface area contributed by atoms with Gasteiger partial charge in [0.15, 0.2) is 0 Å². The molecular weight excluding hydrogens is 588 g/mol. The first-order chi connectivity index (χ1) is 21.2. The van der Waals surface area contributed by atoms with Crippen LogP contribution in [0.3, 0.4) is 0 Å². The van der Waals surface area contributed by atoms with Crippen molar-refractivity contribution < 1.29 is 33.4 Å². The van der Waals surface area contributed by atoms with Crippen molar-refractivity contribution in [3.8, 4) is 0 Å². The first-order valence-corrected chi connectivity index (χ1v) is 15.4. The fraction of sp³-hybridized carbons (Fsp3) is 0.514. The van der Waals surface area contributed by atoms with Crippen LogP contribution >= 0.6 is 0 Å². The summed E-state index contributed by atoms with van der Waals surface area (Å²) in [5.41, 5.74) is 4.02. The van der Waals surface area contributed by atoms with E-state index >= 15 is 0 Å². The lowest BCUT2D eigenvalue weighted by Gasteiger charge is -2.43. The number of alkyl carbamates (subject to hydrolysis) is 1. The molecule has 0 aliphatic heterocycles. The Morgan fingerprint density at radius 1 is 0.739 bits per heavy atom. The van der Waals surface area contributed by atoms with Crippen LogP contribution in [0.4, 0.5) is 4.79 Å². The van der Waals surface area contributed by atoms with Gasteiger partial charge in [0.1, 0.15) is 29.3 Å². The van der Waals surface area contributed by atoms with Gasteiger partial charge in [0.2, 0.25) is 17.7 Å². The number of nitrogens with two attached hydrogens (primary N) is 1. The number of primary amides is 1. The van der Waals surface area contributed by atoms with Crippen LogP contribution in [0.2, 0.25) is 0 Å². The third kappa shape index (κ3) is 12.5. The molecule has 0 aliphatic rings. The molecule has 11 heteroatoms. The molecule has 2 aromatic rings. The van der Waals surface area contributed by atoms with Gasteiger partial charge in [-0.05, 0) is 79.9 Å². The highest BCUT2D eigenvalue weighted by molar-refractivity contribution is 5.94. The Balaban J connectivity index is 2.62. The van der Waals surface area contributed by atoms with Gasteiger partial charge in [-0.15, -0.1) is 0 Å². The van der Waals surface area contributed by atoms with E-state index in [0.717, 1.165) is 5.56 Å². The molecule has 11 nitrogen and oxygen atoms in total. The van der Waals surface area contributed by atoms with E-state index in [9.17, 15) is 24.0 Å². The first kappa shape index (κ1) is 37.8. The number of amides is 4. The van der Waals surface area contributed by atoms with Crippen LogP contribution in [-0.4, -0.2) is 63.5 Å². The second kappa shape index (κ2) is 15.7. The third-order valence-electron chi connectivity index (χ3n) is 6.54. The van der Waals surface area contributed by atoms with E-state index in [-0.39, 0.29) is 19.3 Å². The van der Waals surface area contributed by atoms with Gasteiger partial charge in [0.25, 0.3) is 0 Å². The van der Waals surface area contributed by atoms with E-state index in [1.807, 2.05) is 30.3 Å². The number of carbonyl (C=O) groups is 5. The second-order valence-corrected chi connectivity index (χ2v) is 14.2. The highest BCUT2D eigenvalue weighted by Crippen LogP contribution is 2.31. The van der Waals surface area contributed by atoms with Crippen molar-refractivity contribution in [3.05, 3.63) is 71.8 Å². The molecular formula is C35H50N4O7. The topological polar surface area (TPSA) is 157 Å². The van der Waals surface area contributed by atoms with Crippen molar-refractivity contribution in [2.24, 2.45) is 5.73 Å². The van der Waals surface area contributed by atoms with E-state index in [0.29, 0.717) is 5.56 Å². The van der Waals surface area contributed by atoms with Crippen LogP contribution in [0.25, 0.3) is 0 Å². The van der Waals surface area contributed by atoms with Crippen molar-refractivity contribution in [1.82, 2.24) is 15.5 Å². The molecule has 0 spiro atoms. The molecule has 0 aromatic heterocycles. The normalized spacial score (nSPS) is 13.8. The lowest BCUT2D eigenvalue weighted by atomic mass is 9.94. The van der Waals surface area contributed by atoms with Gasteiger partial charge in [-0.1, -0.05) is 60.7 Å². The maximum absolute atomic E-state index is 14.5. The Bertz CT molecular complexity index is 1340. The number of nitrogens with one attached hydrogen (secondary N) is 2. The van der Waals surface area contributed by atoms with Crippen LogP contribution in [0, 0.1) is 0 Å². The molecule has 2 aromatic carbocycles. The summed E-state index contributed by atoms with van der Waals surface area (Å²) in [4.78, 5) is 68.2. The van der Waals surface area contributed by atoms with Gasteiger partial charge in [0.05, 0.1) is 0 Å². The lowest BCUT2D eigenvalue weighted by molar-refractivity contribution is -0.159. The summed E-state index contributed by atoms with van der Waals surface area (Å²) < 4.78 is 11.1. The van der Waals surface area contributed by atoms with Gasteiger partial charge in [-0.25, -0.2) is 9.59 Å². The second-order valence-electron chi connectivity index (χ2n) is 14.2. The number of rotatable bonds is 12. The summed E-state index contributed by atoms with van der Waals surface area (Å²) in [6.45, 7) is 15.5. The number of carbonyl (C=O) groups excluding carboxylic acids is 5. The number of benzene rings is 2. The molecule has 0 saturated heterocycles. The van der Waals surface area contributed by atoms with Crippen LogP contribution in [-0.2, 0) is 35.1 Å². The van der Waals surface area contributed by atoms with Crippen LogP contribution in [0.15, 0.2) is 60.7 Å². The minimum absolute atomic E-state index is 0.127. The van der Waals surface area contributed by atoms with E-state index in [1.165, 1.54) is 4.90 Å². The van der Waals surface area contributed by atoms with Gasteiger partial charge in [-0.3, -0.25) is 14.4 Å². The summed E-state index contributed by atoms with van der Waals surface area (Å²) >= 11 is 0. The molecule has 4 N–H and O–H groups in total. The summed E-state index contributed by atoms with van der Waals surface area (Å²) in [6, 6.07) is 14.3. The molecule has 2 rings (SSSR count). The number of esters is 1. The average molecular weight is 639 g/mol. The fourth-order valence-electron chi connectivity index (χ4n) is 4.73. The summed E-state index contributed by atoms with van der Waals surface area (Å²) in [5.74, 6) is -2.56. The van der Waals surface area contributed by atoms with Crippen molar-refractivity contribution in [2.75, 3.05) is 0 Å². The third-order valence-corrected chi connectivity index (χ3v) is 6.54. The zero-order valence-electron chi connectivity index (χ0n) is 28.5. The molecule has 46 heavy (non-hydrogen) atoms. The number of ether oxygens (including phenoxy) is 2. The highest BCUT2D eigenvalue weighted by atomic mass is 16.6. The van der Waals surface area contributed by atoms with Crippen LogP contribution < -0.4 is 16.4 Å². The van der Waals surface area contributed by atoms with Gasteiger partial charge < -0.3 is 30.7 Å². The maximum atomic E-state index is 14.5. The number of hydrogen-bond acceptors (Lipinski definition) is 7. The molecule has 252 valence electrons. The molecule has 3 unspecified atom stereocenters. The monoisotopic (exact) mass is 638 g/mol. The van der Waals surface area contributed by atoms with Crippen LogP contribution in [0.5, 0.6) is 0 Å². The van der Waals surface area contributed by atoms with E-state index in [4.69, 9.17) is 15.2 Å². The Morgan fingerprint density at radius 2 is 1.26 bits per heavy atom. The lowest BCUT2D eigenvalue weighted by Crippen LogP contribution is -2.59. The Hall–Kier alpha value is -4.41. The van der Waals surface area contributed by atoms with Gasteiger partial charge >= 0.3 is 12.1 Å². The fourth-order valence-corrected chi connectivity index (χ4v) is 4.73. The van der Waals surface area contributed by atoms with Gasteiger partial charge in [0, 0.05) is 18.4 Å². The van der Waals surface area contributed by atoms with Gasteiger partial charge in [-0.2, -0.15) is 0 Å². The smallest absolute Gasteiger partial charge is 0.408 e. The molecule has 4 amide bonds. The number of hydrogen-bond donors (Lipinski definition) is 3. The first-order valence-electron chi connectivity index (χ1n) is 15.4. The molecule has 0 radical (unpaired) electrons. The summed E-state index contributed by atoms with van der Waals surface area (Å²) in [7, 11) is 0.